The summed E-state index contributed by atoms with van der Waals surface area (Å²) in [5, 5.41) is 12.6. The number of aromatic nitrogens is 2. The molecule has 48 heavy (non-hydrogen) atoms. The molecule has 0 fully saturated rings. The van der Waals surface area contributed by atoms with Crippen LogP contribution in [0.5, 0.6) is 5.75 Å². The molecule has 244 valence electrons. The number of hydrogen-bond donors (Lipinski definition) is 1. The summed E-state index contributed by atoms with van der Waals surface area (Å²) in [6.45, 7) is 10.5. The van der Waals surface area contributed by atoms with Gasteiger partial charge in [0.05, 0.1) is 22.2 Å². The Labute approximate surface area is 286 Å². The van der Waals surface area contributed by atoms with E-state index in [1.165, 1.54) is 0 Å². The third-order valence-electron chi connectivity index (χ3n) is 8.87. The van der Waals surface area contributed by atoms with Crippen LogP contribution in [0.4, 0.5) is 0 Å². The summed E-state index contributed by atoms with van der Waals surface area (Å²) < 4.78 is 8.33. The van der Waals surface area contributed by atoms with E-state index in [2.05, 4.69) is 25.3 Å². The van der Waals surface area contributed by atoms with Crippen LogP contribution in [0.3, 0.4) is 0 Å². The minimum Gasteiger partial charge on any atom is -0.487 e. The van der Waals surface area contributed by atoms with Crippen molar-refractivity contribution < 1.29 is 19.4 Å². The fourth-order valence-corrected chi connectivity index (χ4v) is 6.10. The second-order valence-corrected chi connectivity index (χ2v) is 14.5. The van der Waals surface area contributed by atoms with E-state index >= 15 is 0 Å². The summed E-state index contributed by atoms with van der Waals surface area (Å²) in [7, 11) is 0. The predicted octanol–water partition coefficient (Wildman–Crippen LogP) is 9.65. The summed E-state index contributed by atoms with van der Waals surface area (Å²) in [5.74, 6) is -0.521. The lowest BCUT2D eigenvalue weighted by Crippen LogP contribution is -2.28. The van der Waals surface area contributed by atoms with E-state index in [0.29, 0.717) is 39.5 Å². The molecule has 4 aromatic carbocycles. The minimum absolute atomic E-state index is 0.0704. The average molecular weight is 659 g/mol. The molecule has 2 aromatic heterocycles. The fourth-order valence-electron chi connectivity index (χ4n) is 5.97. The van der Waals surface area contributed by atoms with Gasteiger partial charge in [0.25, 0.3) is 0 Å². The highest BCUT2D eigenvalue weighted by molar-refractivity contribution is 6.30. The number of halogens is 1. The van der Waals surface area contributed by atoms with E-state index in [1.54, 1.807) is 13.8 Å². The third-order valence-corrected chi connectivity index (χ3v) is 9.12. The summed E-state index contributed by atoms with van der Waals surface area (Å²) >= 11 is 6.20. The SMILES string of the molecule is CC(C)(Cc1c(C(=O)c2ccc(C(C)(C)C)cc2)c2cc(OCc3ccc4ccccc4n3)ccc2n1Cc1ccc(Cl)cc1)C(=O)O. The molecular formula is C41H39ClN2O4. The molecule has 0 saturated carbocycles. The smallest absolute Gasteiger partial charge is 0.309 e. The van der Waals surface area contributed by atoms with Crippen molar-refractivity contribution in [1.29, 1.82) is 0 Å². The molecule has 6 aromatic rings. The highest BCUT2D eigenvalue weighted by Crippen LogP contribution is 2.36. The number of pyridine rings is 1. The molecule has 0 radical (unpaired) electrons. The lowest BCUT2D eigenvalue weighted by Gasteiger charge is -2.22. The first-order valence-electron chi connectivity index (χ1n) is 16.1. The number of ketones is 1. The number of carbonyl (C=O) groups is 2. The number of aliphatic carboxylic acids is 1. The first-order chi connectivity index (χ1) is 22.8. The summed E-state index contributed by atoms with van der Waals surface area (Å²) in [6.07, 6.45) is 0.142. The Hall–Kier alpha value is -4.94. The van der Waals surface area contributed by atoms with Gasteiger partial charge in [-0.25, -0.2) is 4.98 Å². The predicted molar refractivity (Wildman–Crippen MR) is 192 cm³/mol. The first-order valence-corrected chi connectivity index (χ1v) is 16.4. The van der Waals surface area contributed by atoms with Crippen LogP contribution in [0.25, 0.3) is 21.8 Å². The fraction of sp³-hybridized carbons (Fsp3) is 0.244. The maximum atomic E-state index is 14.6. The van der Waals surface area contributed by atoms with E-state index < -0.39 is 11.4 Å². The van der Waals surface area contributed by atoms with Gasteiger partial charge in [0.2, 0.25) is 0 Å². The van der Waals surface area contributed by atoms with Crippen molar-refractivity contribution in [2.24, 2.45) is 5.41 Å². The zero-order valence-corrected chi connectivity index (χ0v) is 28.6. The molecule has 6 rings (SSSR count). The molecule has 6 nitrogen and oxygen atoms in total. The largest absolute Gasteiger partial charge is 0.487 e. The maximum Gasteiger partial charge on any atom is 0.309 e. The van der Waals surface area contributed by atoms with Crippen LogP contribution in [-0.2, 0) is 29.8 Å². The molecule has 0 aliphatic carbocycles. The van der Waals surface area contributed by atoms with Crippen molar-refractivity contribution in [2.45, 2.75) is 59.6 Å². The molecule has 0 atom stereocenters. The monoisotopic (exact) mass is 658 g/mol. The number of para-hydroxylation sites is 1. The van der Waals surface area contributed by atoms with Crippen LogP contribution < -0.4 is 4.74 Å². The van der Waals surface area contributed by atoms with Gasteiger partial charge in [-0.3, -0.25) is 9.59 Å². The van der Waals surface area contributed by atoms with Crippen LogP contribution in [0.2, 0.25) is 5.02 Å². The Morgan fingerprint density at radius 2 is 1.56 bits per heavy atom. The molecule has 0 bridgehead atoms. The number of rotatable bonds is 10. The van der Waals surface area contributed by atoms with Crippen LogP contribution in [0.1, 0.15) is 73.1 Å². The van der Waals surface area contributed by atoms with Gasteiger partial charge in [-0.15, -0.1) is 0 Å². The number of carbonyl (C=O) groups excluding carboxylic acids is 1. The van der Waals surface area contributed by atoms with E-state index in [9.17, 15) is 14.7 Å². The third kappa shape index (κ3) is 6.85. The number of carboxylic acids is 1. The summed E-state index contributed by atoms with van der Waals surface area (Å²) in [4.78, 5) is 31.8. The maximum absolute atomic E-state index is 14.6. The van der Waals surface area contributed by atoms with E-state index in [0.717, 1.165) is 33.2 Å². The van der Waals surface area contributed by atoms with Gasteiger partial charge in [-0.1, -0.05) is 93.0 Å². The molecule has 2 heterocycles. The summed E-state index contributed by atoms with van der Waals surface area (Å²) in [5.41, 5.74) is 5.05. The molecule has 0 unspecified atom stereocenters. The van der Waals surface area contributed by atoms with Crippen molar-refractivity contribution in [3.05, 3.63) is 142 Å². The van der Waals surface area contributed by atoms with E-state index in [-0.39, 0.29) is 24.2 Å². The van der Waals surface area contributed by atoms with Crippen molar-refractivity contribution in [3.63, 3.8) is 0 Å². The average Bonchev–Trinajstić information content (AvgIpc) is 3.34. The van der Waals surface area contributed by atoms with Gasteiger partial charge >= 0.3 is 5.97 Å². The molecule has 0 aliphatic heterocycles. The molecule has 0 saturated heterocycles. The Kier molecular flexibility index (Phi) is 8.88. The Morgan fingerprint density at radius 3 is 2.25 bits per heavy atom. The van der Waals surface area contributed by atoms with Crippen molar-refractivity contribution in [2.75, 3.05) is 0 Å². The lowest BCUT2D eigenvalue weighted by atomic mass is 9.84. The normalized spacial score (nSPS) is 12.0. The van der Waals surface area contributed by atoms with Crippen LogP contribution >= 0.6 is 11.6 Å². The first kappa shape index (κ1) is 33.0. The Bertz CT molecular complexity index is 2140. The van der Waals surface area contributed by atoms with Crippen LogP contribution in [0, 0.1) is 5.41 Å². The molecule has 7 heteroatoms. The number of fused-ring (bicyclic) bond motifs is 2. The van der Waals surface area contributed by atoms with Crippen molar-refractivity contribution in [1.82, 2.24) is 9.55 Å². The van der Waals surface area contributed by atoms with E-state index in [4.69, 9.17) is 21.3 Å². The van der Waals surface area contributed by atoms with Gasteiger partial charge in [0, 0.05) is 45.5 Å². The minimum atomic E-state index is -1.14. The van der Waals surface area contributed by atoms with E-state index in [1.807, 2.05) is 103 Å². The number of ether oxygens (including phenoxy) is 1. The number of benzene rings is 4. The van der Waals surface area contributed by atoms with Crippen LogP contribution in [-0.4, -0.2) is 26.4 Å². The molecule has 0 aliphatic rings. The number of carboxylic acid groups (broad SMARTS) is 1. The van der Waals surface area contributed by atoms with Gasteiger partial charge in [0.15, 0.2) is 5.78 Å². The summed E-state index contributed by atoms with van der Waals surface area (Å²) in [6, 6.07) is 32.9. The molecular weight excluding hydrogens is 620 g/mol. The number of nitrogens with zero attached hydrogens (tertiary/aromatic N) is 2. The zero-order valence-electron chi connectivity index (χ0n) is 27.9. The standard InChI is InChI=1S/C41H39ClN2O4/c1-40(2,3)29-15-12-28(13-16-29)38(45)37-33-22-32(48-25-31-19-14-27-8-6-7-9-34(27)43-31)20-21-35(33)44(24-26-10-17-30(42)18-11-26)36(37)23-41(4,5)39(46)47/h6-22H,23-25H2,1-5H3,(H,46,47). The van der Waals surface area contributed by atoms with Gasteiger partial charge in [-0.2, -0.15) is 0 Å². The van der Waals surface area contributed by atoms with Crippen molar-refractivity contribution in [3.8, 4) is 5.75 Å². The Balaban J connectivity index is 1.49. The quantitative estimate of drug-likeness (QED) is 0.148. The van der Waals surface area contributed by atoms with Gasteiger partial charge in [-0.05, 0) is 72.9 Å². The number of hydrogen-bond acceptors (Lipinski definition) is 4. The highest BCUT2D eigenvalue weighted by Gasteiger charge is 2.33. The van der Waals surface area contributed by atoms with Gasteiger partial charge in [0.1, 0.15) is 12.4 Å². The highest BCUT2D eigenvalue weighted by atomic mass is 35.5. The second-order valence-electron chi connectivity index (χ2n) is 14.0. The zero-order chi connectivity index (χ0) is 34.2. The Morgan fingerprint density at radius 1 is 0.854 bits per heavy atom. The lowest BCUT2D eigenvalue weighted by molar-refractivity contribution is -0.146. The molecule has 0 spiro atoms. The van der Waals surface area contributed by atoms with Crippen LogP contribution in [0.15, 0.2) is 103 Å². The van der Waals surface area contributed by atoms with Crippen molar-refractivity contribution >= 4 is 45.2 Å². The second kappa shape index (κ2) is 12.9. The molecule has 1 N–H and O–H groups in total. The van der Waals surface area contributed by atoms with Gasteiger partial charge < -0.3 is 14.4 Å². The molecule has 0 amide bonds. The topological polar surface area (TPSA) is 81.4 Å².